The first-order chi connectivity index (χ1) is 15.2. The Labute approximate surface area is 181 Å². The molecule has 31 heavy (non-hydrogen) atoms. The molecule has 0 fully saturated rings. The highest BCUT2D eigenvalue weighted by Gasteiger charge is 2.23. The van der Waals surface area contributed by atoms with Crippen molar-refractivity contribution in [3.63, 3.8) is 0 Å². The first-order valence-electron chi connectivity index (χ1n) is 10.5. The summed E-state index contributed by atoms with van der Waals surface area (Å²) in [6.45, 7) is 1.82. The third-order valence-electron chi connectivity index (χ3n) is 5.80. The minimum Gasteiger partial charge on any atom is -0.364 e. The third kappa shape index (κ3) is 3.70. The Morgan fingerprint density at radius 3 is 2.29 bits per heavy atom. The van der Waals surface area contributed by atoms with Gasteiger partial charge in [-0.3, -0.25) is 4.79 Å². The van der Waals surface area contributed by atoms with Crippen LogP contribution in [0.1, 0.15) is 27.8 Å². The lowest BCUT2D eigenvalue weighted by molar-refractivity contribution is 0.0941. The van der Waals surface area contributed by atoms with E-state index in [0.717, 1.165) is 41.2 Å². The Balaban J connectivity index is 1.46. The molecule has 2 heterocycles. The van der Waals surface area contributed by atoms with Crippen LogP contribution in [-0.4, -0.2) is 28.5 Å². The molecule has 5 heteroatoms. The Kier molecular flexibility index (Phi) is 5.00. The van der Waals surface area contributed by atoms with E-state index < -0.39 is 0 Å². The summed E-state index contributed by atoms with van der Waals surface area (Å²) in [6.07, 6.45) is 4.31. The van der Waals surface area contributed by atoms with E-state index in [1.165, 1.54) is 0 Å². The number of fused-ring (bicyclic) bond motifs is 1. The zero-order valence-corrected chi connectivity index (χ0v) is 17.4. The van der Waals surface area contributed by atoms with Gasteiger partial charge >= 0.3 is 0 Å². The maximum atomic E-state index is 13.2. The molecule has 3 aromatic carbocycles. The first-order valence-corrected chi connectivity index (χ1v) is 10.5. The van der Waals surface area contributed by atoms with Gasteiger partial charge in [0.25, 0.3) is 5.91 Å². The fourth-order valence-electron chi connectivity index (χ4n) is 4.09. The van der Waals surface area contributed by atoms with Crippen LogP contribution in [0.25, 0.3) is 11.0 Å². The van der Waals surface area contributed by atoms with Crippen molar-refractivity contribution in [2.75, 3.05) is 18.0 Å². The van der Waals surface area contributed by atoms with Gasteiger partial charge in [-0.2, -0.15) is 0 Å². The van der Waals surface area contributed by atoms with Gasteiger partial charge in [0.05, 0.1) is 11.0 Å². The minimum atomic E-state index is -0.353. The molecule has 0 bridgehead atoms. The number of aryl methyl sites for hydroxylation is 1. The summed E-state index contributed by atoms with van der Waals surface area (Å²) < 4.78 is 2.05. The van der Waals surface area contributed by atoms with Crippen LogP contribution < -0.4 is 10.2 Å². The highest BCUT2D eigenvalue weighted by molar-refractivity contribution is 5.95. The van der Waals surface area contributed by atoms with Crippen LogP contribution in [-0.2, 0) is 7.05 Å². The molecule has 154 valence electrons. The van der Waals surface area contributed by atoms with Crippen molar-refractivity contribution in [2.24, 2.45) is 7.05 Å². The molecular weight excluding hydrogens is 384 g/mol. The normalized spacial score (nSPS) is 14.2. The molecule has 1 aromatic heterocycles. The van der Waals surface area contributed by atoms with Crippen molar-refractivity contribution in [1.82, 2.24) is 14.9 Å². The van der Waals surface area contributed by atoms with E-state index in [-0.39, 0.29) is 11.9 Å². The summed E-state index contributed by atoms with van der Waals surface area (Å²) in [7, 11) is 1.99. The molecule has 5 nitrogen and oxygen atoms in total. The lowest BCUT2D eigenvalue weighted by Gasteiger charge is -2.20. The first kappa shape index (κ1) is 19.1. The fourth-order valence-corrected chi connectivity index (χ4v) is 4.09. The van der Waals surface area contributed by atoms with Gasteiger partial charge in [0.2, 0.25) is 0 Å². The van der Waals surface area contributed by atoms with E-state index in [4.69, 9.17) is 4.98 Å². The fraction of sp³-hybridized carbons (Fsp3) is 0.154. The summed E-state index contributed by atoms with van der Waals surface area (Å²) in [5.41, 5.74) is 4.70. The molecule has 0 aliphatic carbocycles. The largest absolute Gasteiger partial charge is 0.364 e. The summed E-state index contributed by atoms with van der Waals surface area (Å²) >= 11 is 0. The number of rotatable bonds is 5. The average molecular weight is 409 g/mol. The quantitative estimate of drug-likeness (QED) is 0.496. The van der Waals surface area contributed by atoms with E-state index >= 15 is 0 Å². The van der Waals surface area contributed by atoms with Crippen molar-refractivity contribution in [2.45, 2.75) is 6.04 Å². The summed E-state index contributed by atoms with van der Waals surface area (Å²) in [4.78, 5) is 20.3. The number of para-hydroxylation sites is 2. The van der Waals surface area contributed by atoms with Crippen LogP contribution in [0.2, 0.25) is 0 Å². The summed E-state index contributed by atoms with van der Waals surface area (Å²) in [5, 5.41) is 3.21. The van der Waals surface area contributed by atoms with Crippen LogP contribution in [0.5, 0.6) is 0 Å². The molecule has 0 saturated carbocycles. The lowest BCUT2D eigenvalue weighted by Crippen LogP contribution is -2.31. The molecule has 1 N–H and O–H groups in total. The molecule has 1 aliphatic heterocycles. The van der Waals surface area contributed by atoms with Gasteiger partial charge in [0, 0.05) is 31.4 Å². The number of imidazole rings is 1. The topological polar surface area (TPSA) is 50.2 Å². The number of amides is 1. The van der Waals surface area contributed by atoms with Crippen LogP contribution in [0.4, 0.5) is 5.69 Å². The highest BCUT2D eigenvalue weighted by atomic mass is 16.1. The zero-order chi connectivity index (χ0) is 21.2. The highest BCUT2D eigenvalue weighted by Crippen LogP contribution is 2.26. The Bertz CT molecular complexity index is 1230. The van der Waals surface area contributed by atoms with Crippen LogP contribution in [0, 0.1) is 0 Å². The second-order valence-corrected chi connectivity index (χ2v) is 7.76. The number of hydrogen-bond donors (Lipinski definition) is 1. The molecule has 0 spiro atoms. The minimum absolute atomic E-state index is 0.119. The van der Waals surface area contributed by atoms with Crippen molar-refractivity contribution in [3.8, 4) is 0 Å². The number of aromatic nitrogens is 2. The Hall–Kier alpha value is -3.86. The molecule has 1 amide bonds. The van der Waals surface area contributed by atoms with Gasteiger partial charge in [-0.05, 0) is 42.0 Å². The molecule has 0 radical (unpaired) electrons. The summed E-state index contributed by atoms with van der Waals surface area (Å²) in [5.74, 6) is 0.688. The van der Waals surface area contributed by atoms with E-state index in [0.29, 0.717) is 5.56 Å². The third-order valence-corrected chi connectivity index (χ3v) is 5.80. The smallest absolute Gasteiger partial charge is 0.252 e. The number of benzene rings is 3. The predicted molar refractivity (Wildman–Crippen MR) is 124 cm³/mol. The Morgan fingerprint density at radius 2 is 1.58 bits per heavy atom. The van der Waals surface area contributed by atoms with Gasteiger partial charge in [0.15, 0.2) is 0 Å². The van der Waals surface area contributed by atoms with E-state index in [1.807, 2.05) is 85.9 Å². The van der Waals surface area contributed by atoms with E-state index in [1.54, 1.807) is 0 Å². The van der Waals surface area contributed by atoms with Gasteiger partial charge in [-0.25, -0.2) is 4.98 Å². The predicted octanol–water partition coefficient (Wildman–Crippen LogP) is 4.47. The van der Waals surface area contributed by atoms with Crippen molar-refractivity contribution >= 4 is 22.6 Å². The van der Waals surface area contributed by atoms with Crippen molar-refractivity contribution in [3.05, 3.63) is 108 Å². The van der Waals surface area contributed by atoms with Crippen LogP contribution in [0.3, 0.4) is 0 Å². The number of nitrogens with zero attached hydrogens (tertiary/aromatic N) is 3. The van der Waals surface area contributed by atoms with Crippen molar-refractivity contribution < 1.29 is 4.79 Å². The molecule has 0 saturated heterocycles. The van der Waals surface area contributed by atoms with Gasteiger partial charge in [0.1, 0.15) is 11.9 Å². The van der Waals surface area contributed by atoms with Crippen LogP contribution in [0.15, 0.2) is 91.0 Å². The molecule has 1 unspecified atom stereocenters. The molecular formula is C26H24N4O. The standard InChI is InChI=1S/C26H24N4O/c1-29-23-12-6-5-11-22(23)27-25(29)24(19-9-3-2-4-10-19)28-26(31)20-13-15-21(16-14-20)30-17-7-8-18-30/h2-16,24H,17-18H2,1H3,(H,28,31). The zero-order valence-electron chi connectivity index (χ0n) is 17.4. The molecule has 5 rings (SSSR count). The van der Waals surface area contributed by atoms with Gasteiger partial charge < -0.3 is 14.8 Å². The Morgan fingerprint density at radius 1 is 0.903 bits per heavy atom. The van der Waals surface area contributed by atoms with Crippen LogP contribution >= 0.6 is 0 Å². The molecule has 1 atom stereocenters. The maximum absolute atomic E-state index is 13.2. The second kappa shape index (κ2) is 8.11. The summed E-state index contributed by atoms with van der Waals surface area (Å²) in [6, 6.07) is 25.4. The number of carbonyl (C=O) groups is 1. The van der Waals surface area contributed by atoms with Gasteiger partial charge in [-0.1, -0.05) is 54.6 Å². The van der Waals surface area contributed by atoms with Gasteiger partial charge in [-0.15, -0.1) is 0 Å². The number of carbonyl (C=O) groups excluding carboxylic acids is 1. The monoisotopic (exact) mass is 408 g/mol. The number of nitrogens with one attached hydrogen (secondary N) is 1. The number of anilines is 1. The van der Waals surface area contributed by atoms with E-state index in [2.05, 4.69) is 26.9 Å². The molecule has 1 aliphatic rings. The van der Waals surface area contributed by atoms with Crippen molar-refractivity contribution in [1.29, 1.82) is 0 Å². The maximum Gasteiger partial charge on any atom is 0.252 e. The van der Waals surface area contributed by atoms with E-state index in [9.17, 15) is 4.79 Å². The lowest BCUT2D eigenvalue weighted by atomic mass is 10.1. The average Bonchev–Trinajstić information content (AvgIpc) is 3.47. The molecule has 4 aromatic rings. The second-order valence-electron chi connectivity index (χ2n) is 7.76. The SMILES string of the molecule is Cn1c(C(NC(=O)c2ccc(N3CC=CC3)cc2)c2ccccc2)nc2ccccc21. The number of hydrogen-bond acceptors (Lipinski definition) is 3.